The van der Waals surface area contributed by atoms with Gasteiger partial charge in [-0.3, -0.25) is 9.69 Å². The second-order valence-electron chi connectivity index (χ2n) is 10.1. The lowest BCUT2D eigenvalue weighted by molar-refractivity contribution is -0.0116. The Hall–Kier alpha value is -3.24. The van der Waals surface area contributed by atoms with E-state index in [4.69, 9.17) is 42.1 Å². The molecule has 11 heteroatoms. The number of benzene rings is 2. The van der Waals surface area contributed by atoms with E-state index in [0.29, 0.717) is 45.8 Å². The Morgan fingerprint density at radius 1 is 0.951 bits per heavy atom. The molecule has 3 heterocycles. The van der Waals surface area contributed by atoms with Crippen LogP contribution in [-0.4, -0.2) is 88.0 Å². The van der Waals surface area contributed by atoms with Gasteiger partial charge in [0.1, 0.15) is 18.1 Å². The van der Waals surface area contributed by atoms with Gasteiger partial charge < -0.3 is 28.7 Å². The Labute approximate surface area is 250 Å². The summed E-state index contributed by atoms with van der Waals surface area (Å²) >= 11 is 12.7. The minimum absolute atomic E-state index is 0.128. The SMILES string of the molecule is COc1cc(C(=O)N2CO[C@](CCN3CCN(c4ccccn4)CC3)(c3ccc(Cl)c(Cl)c3)C2)cc(OC)c1OC. The quantitative estimate of drug-likeness (QED) is 0.341. The van der Waals surface area contributed by atoms with Crippen molar-refractivity contribution in [2.75, 3.05) is 72.2 Å². The highest BCUT2D eigenvalue weighted by atomic mass is 35.5. The van der Waals surface area contributed by atoms with E-state index in [9.17, 15) is 4.79 Å². The van der Waals surface area contributed by atoms with Crippen molar-refractivity contribution in [1.82, 2.24) is 14.8 Å². The van der Waals surface area contributed by atoms with Gasteiger partial charge in [0.05, 0.1) is 37.9 Å². The molecule has 9 nitrogen and oxygen atoms in total. The van der Waals surface area contributed by atoms with Gasteiger partial charge in [0, 0.05) is 44.5 Å². The van der Waals surface area contributed by atoms with Crippen LogP contribution in [0, 0.1) is 0 Å². The lowest BCUT2D eigenvalue weighted by Gasteiger charge is -2.37. The summed E-state index contributed by atoms with van der Waals surface area (Å²) in [6, 6.07) is 14.9. The maximum atomic E-state index is 13.7. The Morgan fingerprint density at radius 2 is 1.68 bits per heavy atom. The van der Waals surface area contributed by atoms with Crippen LogP contribution in [0.1, 0.15) is 22.3 Å². The summed E-state index contributed by atoms with van der Waals surface area (Å²) in [5.41, 5.74) is 0.556. The molecule has 0 N–H and O–H groups in total. The molecule has 0 spiro atoms. The Kier molecular flexibility index (Phi) is 9.09. The molecular weight excluding hydrogens is 567 g/mol. The van der Waals surface area contributed by atoms with Crippen molar-refractivity contribution in [3.05, 3.63) is 75.9 Å². The van der Waals surface area contributed by atoms with E-state index in [1.807, 2.05) is 36.5 Å². The highest BCUT2D eigenvalue weighted by molar-refractivity contribution is 6.42. The number of anilines is 1. The number of hydrogen-bond donors (Lipinski definition) is 0. The first-order chi connectivity index (χ1) is 19.9. The first-order valence-electron chi connectivity index (χ1n) is 13.4. The van der Waals surface area contributed by atoms with Crippen LogP contribution >= 0.6 is 23.2 Å². The zero-order valence-electron chi connectivity index (χ0n) is 23.4. The Morgan fingerprint density at radius 3 is 2.29 bits per heavy atom. The molecule has 41 heavy (non-hydrogen) atoms. The third-order valence-electron chi connectivity index (χ3n) is 7.76. The number of methoxy groups -OCH3 is 3. The molecule has 2 fully saturated rings. The first kappa shape index (κ1) is 29.3. The summed E-state index contributed by atoms with van der Waals surface area (Å²) in [4.78, 5) is 24.6. The summed E-state index contributed by atoms with van der Waals surface area (Å²) in [5, 5.41) is 0.921. The van der Waals surface area contributed by atoms with E-state index >= 15 is 0 Å². The van der Waals surface area contributed by atoms with Gasteiger partial charge in [-0.05, 0) is 48.4 Å². The van der Waals surface area contributed by atoms with Crippen molar-refractivity contribution in [3.63, 3.8) is 0 Å². The molecule has 2 aromatic carbocycles. The van der Waals surface area contributed by atoms with Crippen molar-refractivity contribution in [2.24, 2.45) is 0 Å². The fourth-order valence-electron chi connectivity index (χ4n) is 5.45. The molecule has 0 saturated carbocycles. The maximum Gasteiger partial charge on any atom is 0.256 e. The van der Waals surface area contributed by atoms with Gasteiger partial charge in [-0.2, -0.15) is 0 Å². The second-order valence-corrected chi connectivity index (χ2v) is 10.9. The monoisotopic (exact) mass is 600 g/mol. The molecule has 0 aliphatic carbocycles. The predicted octanol–water partition coefficient (Wildman–Crippen LogP) is 4.95. The van der Waals surface area contributed by atoms with Gasteiger partial charge in [-0.25, -0.2) is 4.98 Å². The minimum Gasteiger partial charge on any atom is -0.493 e. The maximum absolute atomic E-state index is 13.7. The molecular formula is C30H34Cl2N4O5. The summed E-state index contributed by atoms with van der Waals surface area (Å²) in [5.74, 6) is 2.05. The van der Waals surface area contributed by atoms with Crippen LogP contribution in [0.5, 0.6) is 17.2 Å². The van der Waals surface area contributed by atoms with Crippen LogP contribution in [0.4, 0.5) is 5.82 Å². The average molecular weight is 602 g/mol. The highest BCUT2D eigenvalue weighted by Gasteiger charge is 2.43. The molecule has 0 unspecified atom stereocenters. The average Bonchev–Trinajstić information content (AvgIpc) is 3.46. The zero-order chi connectivity index (χ0) is 29.0. The van der Waals surface area contributed by atoms with Crippen LogP contribution in [0.3, 0.4) is 0 Å². The molecule has 1 atom stereocenters. The van der Waals surface area contributed by atoms with Crippen molar-refractivity contribution in [1.29, 1.82) is 0 Å². The smallest absolute Gasteiger partial charge is 0.256 e. The molecule has 218 valence electrons. The van der Waals surface area contributed by atoms with Crippen LogP contribution < -0.4 is 19.1 Å². The van der Waals surface area contributed by atoms with Crippen LogP contribution in [-0.2, 0) is 10.3 Å². The molecule has 2 saturated heterocycles. The van der Waals surface area contributed by atoms with Gasteiger partial charge in [-0.1, -0.05) is 35.3 Å². The standard InChI is InChI=1S/C30H34Cl2N4O5/c1-38-25-16-21(17-26(39-2)28(25)40-3)29(37)36-19-30(41-20-36,22-7-8-23(31)24(32)18-22)9-11-34-12-14-35(15-13-34)27-6-4-5-10-33-27/h4-8,10,16-18H,9,11-15,19-20H2,1-3H3/t30-/m0/s1. The van der Waals surface area contributed by atoms with Gasteiger partial charge in [0.2, 0.25) is 5.75 Å². The third-order valence-corrected chi connectivity index (χ3v) is 8.50. The van der Waals surface area contributed by atoms with E-state index in [1.54, 1.807) is 23.1 Å². The van der Waals surface area contributed by atoms with E-state index < -0.39 is 5.60 Å². The minimum atomic E-state index is -0.747. The zero-order valence-corrected chi connectivity index (χ0v) is 25.0. The number of piperazine rings is 1. The van der Waals surface area contributed by atoms with Gasteiger partial charge in [0.15, 0.2) is 11.5 Å². The number of rotatable bonds is 9. The summed E-state index contributed by atoms with van der Waals surface area (Å²) in [6.45, 7) is 4.87. The summed E-state index contributed by atoms with van der Waals surface area (Å²) in [7, 11) is 4.58. The predicted molar refractivity (Wildman–Crippen MR) is 159 cm³/mol. The second kappa shape index (κ2) is 12.7. The van der Waals surface area contributed by atoms with E-state index in [2.05, 4.69) is 14.8 Å². The highest BCUT2D eigenvalue weighted by Crippen LogP contribution is 2.41. The molecule has 0 bridgehead atoms. The lowest BCUT2D eigenvalue weighted by atomic mass is 9.89. The van der Waals surface area contributed by atoms with Crippen LogP contribution in [0.2, 0.25) is 10.0 Å². The Balaban J connectivity index is 1.34. The number of aromatic nitrogens is 1. The molecule has 1 amide bonds. The first-order valence-corrected chi connectivity index (χ1v) is 14.2. The topological polar surface area (TPSA) is 76.6 Å². The fraction of sp³-hybridized carbons (Fsp3) is 0.400. The largest absolute Gasteiger partial charge is 0.493 e. The number of hydrogen-bond acceptors (Lipinski definition) is 8. The summed E-state index contributed by atoms with van der Waals surface area (Å²) in [6.07, 6.45) is 2.50. The molecule has 2 aliphatic heterocycles. The van der Waals surface area contributed by atoms with Gasteiger partial charge in [0.25, 0.3) is 5.91 Å². The molecule has 0 radical (unpaired) electrons. The van der Waals surface area contributed by atoms with Crippen LogP contribution in [0.15, 0.2) is 54.7 Å². The van der Waals surface area contributed by atoms with E-state index in [1.165, 1.54) is 21.3 Å². The normalized spacial score (nSPS) is 19.3. The van der Waals surface area contributed by atoms with Crippen molar-refractivity contribution in [2.45, 2.75) is 12.0 Å². The van der Waals surface area contributed by atoms with Crippen molar-refractivity contribution >= 4 is 34.9 Å². The fourth-order valence-corrected chi connectivity index (χ4v) is 5.75. The number of halogens is 2. The third kappa shape index (κ3) is 6.18. The molecule has 1 aromatic heterocycles. The molecule has 2 aliphatic rings. The molecule has 3 aromatic rings. The van der Waals surface area contributed by atoms with Gasteiger partial charge >= 0.3 is 0 Å². The van der Waals surface area contributed by atoms with E-state index in [-0.39, 0.29) is 12.6 Å². The van der Waals surface area contributed by atoms with E-state index in [0.717, 1.165) is 44.1 Å². The van der Waals surface area contributed by atoms with Crippen molar-refractivity contribution in [3.8, 4) is 17.2 Å². The number of amides is 1. The molecule has 5 rings (SSSR count). The number of pyridine rings is 1. The van der Waals surface area contributed by atoms with Gasteiger partial charge in [-0.15, -0.1) is 0 Å². The van der Waals surface area contributed by atoms with Crippen LogP contribution in [0.25, 0.3) is 0 Å². The lowest BCUT2D eigenvalue weighted by Crippen LogP contribution is -2.48. The summed E-state index contributed by atoms with van der Waals surface area (Å²) < 4.78 is 22.8. The Bertz CT molecular complexity index is 1350. The van der Waals surface area contributed by atoms with Crippen molar-refractivity contribution < 1.29 is 23.7 Å². The number of carbonyl (C=O) groups excluding carboxylic acids is 1. The number of carbonyl (C=O) groups is 1. The number of ether oxygens (including phenoxy) is 4. The number of nitrogens with zero attached hydrogens (tertiary/aromatic N) is 4.